The normalized spacial score (nSPS) is 12.2. The van der Waals surface area contributed by atoms with Crippen LogP contribution in [-0.2, 0) is 26.1 Å². The molecule has 0 atom stereocenters. The van der Waals surface area contributed by atoms with Crippen molar-refractivity contribution >= 4 is 75.6 Å². The van der Waals surface area contributed by atoms with Crippen molar-refractivity contribution in [2.24, 2.45) is 0 Å². The second-order valence-electron chi connectivity index (χ2n) is 7.17. The SMILES string of the molecule is CCc1ccc2c(S(=O)(=O)c3ccc(I)cc3)cccc2c1S(=O)(=O)c1ccc(I)cc1. The van der Waals surface area contributed by atoms with Gasteiger partial charge in [-0.1, -0.05) is 31.2 Å². The van der Waals surface area contributed by atoms with Crippen LogP contribution in [0.15, 0.2) is 98.4 Å². The lowest BCUT2D eigenvalue weighted by Gasteiger charge is -2.15. The van der Waals surface area contributed by atoms with E-state index in [2.05, 4.69) is 45.2 Å². The summed E-state index contributed by atoms with van der Waals surface area (Å²) in [6.07, 6.45) is 0.503. The van der Waals surface area contributed by atoms with Gasteiger partial charge < -0.3 is 0 Å². The van der Waals surface area contributed by atoms with Crippen LogP contribution < -0.4 is 0 Å². The Hall–Kier alpha value is -1.50. The number of sulfone groups is 2. The summed E-state index contributed by atoms with van der Waals surface area (Å²) in [5, 5.41) is 0.807. The van der Waals surface area contributed by atoms with Crippen LogP contribution in [0.4, 0.5) is 0 Å². The lowest BCUT2D eigenvalue weighted by Crippen LogP contribution is -2.08. The predicted octanol–water partition coefficient (Wildman–Crippen LogP) is 6.28. The van der Waals surface area contributed by atoms with E-state index in [0.29, 0.717) is 22.8 Å². The zero-order valence-electron chi connectivity index (χ0n) is 16.9. The molecule has 0 aliphatic heterocycles. The summed E-state index contributed by atoms with van der Waals surface area (Å²) in [4.78, 5) is 0.620. The van der Waals surface area contributed by atoms with Gasteiger partial charge in [0.25, 0.3) is 0 Å². The van der Waals surface area contributed by atoms with E-state index in [-0.39, 0.29) is 19.6 Å². The molecule has 0 saturated carbocycles. The minimum atomic E-state index is -3.86. The van der Waals surface area contributed by atoms with Crippen LogP contribution in [0.2, 0.25) is 0 Å². The largest absolute Gasteiger partial charge is 0.218 e. The van der Waals surface area contributed by atoms with Gasteiger partial charge in [-0.3, -0.25) is 0 Å². The van der Waals surface area contributed by atoms with E-state index in [0.717, 1.165) is 7.14 Å². The van der Waals surface area contributed by atoms with Gasteiger partial charge in [0.2, 0.25) is 19.7 Å². The Labute approximate surface area is 215 Å². The van der Waals surface area contributed by atoms with Crippen LogP contribution in [0.5, 0.6) is 0 Å². The highest BCUT2D eigenvalue weighted by molar-refractivity contribution is 14.1. The topological polar surface area (TPSA) is 68.3 Å². The molecular weight excluding hydrogens is 670 g/mol. The van der Waals surface area contributed by atoms with Crippen LogP contribution in [0.1, 0.15) is 12.5 Å². The minimum Gasteiger partial charge on any atom is -0.218 e. The number of aryl methyl sites for hydroxylation is 1. The fraction of sp³-hybridized carbons (Fsp3) is 0.0833. The fourth-order valence-electron chi connectivity index (χ4n) is 3.65. The molecule has 0 radical (unpaired) electrons. The molecule has 0 saturated heterocycles. The van der Waals surface area contributed by atoms with E-state index < -0.39 is 19.7 Å². The zero-order valence-corrected chi connectivity index (χ0v) is 22.9. The standard InChI is InChI=1S/C24H18I2O4S2/c1-2-16-6-15-21-22(24(16)32(29,30)20-13-9-18(26)10-14-20)4-3-5-23(21)31(27,28)19-11-7-17(25)8-12-19/h3-15H,2H2,1H3. The molecule has 0 heterocycles. The van der Waals surface area contributed by atoms with Crippen molar-refractivity contribution in [1.82, 2.24) is 0 Å². The van der Waals surface area contributed by atoms with Gasteiger partial charge in [-0.15, -0.1) is 0 Å². The summed E-state index contributed by atoms with van der Waals surface area (Å²) in [6.45, 7) is 1.89. The highest BCUT2D eigenvalue weighted by Gasteiger charge is 2.27. The molecular formula is C24H18I2O4S2. The zero-order chi connectivity index (χ0) is 23.1. The number of rotatable bonds is 5. The molecule has 0 fully saturated rings. The Bertz CT molecular complexity index is 1530. The van der Waals surface area contributed by atoms with Crippen molar-refractivity contribution in [1.29, 1.82) is 0 Å². The smallest absolute Gasteiger partial charge is 0.207 e. The first kappa shape index (κ1) is 23.7. The van der Waals surface area contributed by atoms with Crippen molar-refractivity contribution in [3.63, 3.8) is 0 Å². The molecule has 0 spiro atoms. The monoisotopic (exact) mass is 688 g/mol. The predicted molar refractivity (Wildman–Crippen MR) is 143 cm³/mol. The molecule has 0 bridgehead atoms. The lowest BCUT2D eigenvalue weighted by atomic mass is 10.1. The van der Waals surface area contributed by atoms with Gasteiger partial charge in [0.15, 0.2) is 0 Å². The van der Waals surface area contributed by atoms with Crippen molar-refractivity contribution in [2.45, 2.75) is 32.9 Å². The average Bonchev–Trinajstić information content (AvgIpc) is 2.78. The molecule has 4 rings (SSSR count). The van der Waals surface area contributed by atoms with Gasteiger partial charge in [-0.05, 0) is 112 Å². The molecule has 32 heavy (non-hydrogen) atoms. The number of fused-ring (bicyclic) bond motifs is 1. The van der Waals surface area contributed by atoms with Gasteiger partial charge >= 0.3 is 0 Å². The van der Waals surface area contributed by atoms with Crippen molar-refractivity contribution in [2.75, 3.05) is 0 Å². The maximum Gasteiger partial charge on any atom is 0.207 e. The van der Waals surface area contributed by atoms with Crippen LogP contribution in [0, 0.1) is 7.14 Å². The lowest BCUT2D eigenvalue weighted by molar-refractivity contribution is 0.594. The molecule has 4 aromatic carbocycles. The summed E-state index contributed by atoms with van der Waals surface area (Å²) in [6, 6.07) is 21.5. The third-order valence-electron chi connectivity index (χ3n) is 5.24. The van der Waals surface area contributed by atoms with E-state index in [4.69, 9.17) is 0 Å². The van der Waals surface area contributed by atoms with Gasteiger partial charge in [-0.25, -0.2) is 16.8 Å². The van der Waals surface area contributed by atoms with Crippen LogP contribution in [0.3, 0.4) is 0 Å². The molecule has 0 aliphatic rings. The van der Waals surface area contributed by atoms with Crippen molar-refractivity contribution < 1.29 is 16.8 Å². The first-order valence-corrected chi connectivity index (χ1v) is 14.8. The van der Waals surface area contributed by atoms with Crippen LogP contribution >= 0.6 is 45.2 Å². The molecule has 0 amide bonds. The van der Waals surface area contributed by atoms with Gasteiger partial charge in [0.05, 0.1) is 19.6 Å². The molecule has 164 valence electrons. The van der Waals surface area contributed by atoms with E-state index >= 15 is 0 Å². The Morgan fingerprint density at radius 1 is 0.625 bits per heavy atom. The summed E-state index contributed by atoms with van der Waals surface area (Å²) in [5.41, 5.74) is 0.653. The maximum absolute atomic E-state index is 13.7. The van der Waals surface area contributed by atoms with E-state index in [1.807, 2.05) is 6.92 Å². The summed E-state index contributed by atoms with van der Waals surface area (Å²) in [7, 11) is -7.69. The molecule has 8 heteroatoms. The quantitative estimate of drug-likeness (QED) is 0.232. The third-order valence-corrected chi connectivity index (χ3v) is 10.4. The van der Waals surface area contributed by atoms with E-state index in [9.17, 15) is 16.8 Å². The minimum absolute atomic E-state index is 0.0953. The molecule has 4 aromatic rings. The Morgan fingerprint density at radius 3 is 1.69 bits per heavy atom. The molecule has 0 unspecified atom stereocenters. The first-order valence-electron chi connectivity index (χ1n) is 9.72. The van der Waals surface area contributed by atoms with Crippen molar-refractivity contribution in [3.05, 3.63) is 91.6 Å². The van der Waals surface area contributed by atoms with Gasteiger partial charge in [0, 0.05) is 17.9 Å². The Balaban J connectivity index is 2.02. The molecule has 0 N–H and O–H groups in total. The second-order valence-corrected chi connectivity index (χ2v) is 13.5. The number of hydrogen-bond donors (Lipinski definition) is 0. The summed E-state index contributed by atoms with van der Waals surface area (Å²) in [5.74, 6) is 0. The maximum atomic E-state index is 13.7. The number of halogens is 2. The number of hydrogen-bond acceptors (Lipinski definition) is 4. The Morgan fingerprint density at radius 2 is 1.16 bits per heavy atom. The fourth-order valence-corrected chi connectivity index (χ4v) is 7.60. The summed E-state index contributed by atoms with van der Waals surface area (Å²) < 4.78 is 56.0. The van der Waals surface area contributed by atoms with Crippen molar-refractivity contribution in [3.8, 4) is 0 Å². The van der Waals surface area contributed by atoms with Gasteiger partial charge in [0.1, 0.15) is 0 Å². The average molecular weight is 688 g/mol. The third kappa shape index (κ3) is 4.22. The van der Waals surface area contributed by atoms with Gasteiger partial charge in [-0.2, -0.15) is 0 Å². The van der Waals surface area contributed by atoms with Crippen LogP contribution in [0.25, 0.3) is 10.8 Å². The van der Waals surface area contributed by atoms with E-state index in [1.165, 1.54) is 6.07 Å². The first-order chi connectivity index (χ1) is 15.2. The molecule has 0 aromatic heterocycles. The molecule has 0 aliphatic carbocycles. The second kappa shape index (κ2) is 9.03. The van der Waals surface area contributed by atoms with E-state index in [1.54, 1.807) is 72.8 Å². The highest BCUT2D eigenvalue weighted by Crippen LogP contribution is 2.36. The molecule has 4 nitrogen and oxygen atoms in total. The number of benzene rings is 4. The Kier molecular flexibility index (Phi) is 6.68. The summed E-state index contributed by atoms with van der Waals surface area (Å²) >= 11 is 4.25. The highest BCUT2D eigenvalue weighted by atomic mass is 127. The van der Waals surface area contributed by atoms with Crippen LogP contribution in [-0.4, -0.2) is 16.8 Å².